The van der Waals surface area contributed by atoms with Crippen molar-refractivity contribution in [1.82, 2.24) is 0 Å². The molecule has 150 valence electrons. The summed E-state index contributed by atoms with van der Waals surface area (Å²) in [6.07, 6.45) is 7.26. The Hall–Kier alpha value is -2.00. The van der Waals surface area contributed by atoms with E-state index in [0.29, 0.717) is 18.3 Å². The van der Waals surface area contributed by atoms with Crippen LogP contribution in [-0.4, -0.2) is 5.11 Å². The van der Waals surface area contributed by atoms with Gasteiger partial charge in [0.15, 0.2) is 0 Å². The smallest absolute Gasteiger partial charge is 0.143 e. The van der Waals surface area contributed by atoms with Crippen molar-refractivity contribution >= 4 is 0 Å². The maximum atomic E-state index is 9.92. The van der Waals surface area contributed by atoms with Crippen molar-refractivity contribution in [2.75, 3.05) is 0 Å². The van der Waals surface area contributed by atoms with Gasteiger partial charge in [-0.05, 0) is 85.1 Å². The minimum atomic E-state index is -0.0785. The quantitative estimate of drug-likeness (QED) is 0.641. The third-order valence-corrected chi connectivity index (χ3v) is 9.40. The van der Waals surface area contributed by atoms with Gasteiger partial charge in [0, 0.05) is 16.5 Å². The number of phenols is 1. The molecule has 7 rings (SSSR count). The van der Waals surface area contributed by atoms with E-state index in [1.54, 1.807) is 0 Å². The Labute approximate surface area is 172 Å². The van der Waals surface area contributed by atoms with E-state index in [9.17, 15) is 5.11 Å². The highest BCUT2D eigenvalue weighted by atomic mass is 16.5. The Morgan fingerprint density at radius 2 is 1.93 bits per heavy atom. The molecule has 29 heavy (non-hydrogen) atoms. The van der Waals surface area contributed by atoms with Crippen LogP contribution in [0, 0.1) is 17.3 Å². The normalized spacial score (nSPS) is 38.3. The minimum Gasteiger partial charge on any atom is -0.508 e. The van der Waals surface area contributed by atoms with Crippen LogP contribution in [0.2, 0.25) is 0 Å². The van der Waals surface area contributed by atoms with E-state index in [-0.39, 0.29) is 11.0 Å². The molecule has 0 aromatic heterocycles. The molecule has 1 spiro atoms. The van der Waals surface area contributed by atoms with Crippen molar-refractivity contribution in [2.24, 2.45) is 17.3 Å². The summed E-state index contributed by atoms with van der Waals surface area (Å²) in [5.74, 6) is 3.68. The van der Waals surface area contributed by atoms with Gasteiger partial charge in [-0.3, -0.25) is 0 Å². The van der Waals surface area contributed by atoms with Crippen LogP contribution in [0.15, 0.2) is 30.3 Å². The Balaban J connectivity index is 1.27. The maximum Gasteiger partial charge on any atom is 0.143 e. The summed E-state index contributed by atoms with van der Waals surface area (Å²) in [6.45, 7) is 3.97. The van der Waals surface area contributed by atoms with Crippen LogP contribution in [0.25, 0.3) is 0 Å². The van der Waals surface area contributed by atoms with Gasteiger partial charge in [-0.1, -0.05) is 25.1 Å². The van der Waals surface area contributed by atoms with Gasteiger partial charge in [-0.2, -0.15) is 0 Å². The van der Waals surface area contributed by atoms with E-state index in [1.807, 2.05) is 12.1 Å². The van der Waals surface area contributed by atoms with Crippen molar-refractivity contribution in [3.63, 3.8) is 0 Å². The number of ether oxygens (including phenoxy) is 2. The van der Waals surface area contributed by atoms with Crippen LogP contribution >= 0.6 is 0 Å². The second-order valence-electron chi connectivity index (χ2n) is 10.3. The SMILES string of the molecule is C[C@]12CC[C@@H]3c4ccc(O)cc4CC[C@H]3[C@@H]1CC[C@]21Oc2c1ccc1c2COC1. The number of hydrogen-bond donors (Lipinski definition) is 1. The van der Waals surface area contributed by atoms with Crippen molar-refractivity contribution in [3.05, 3.63) is 58.1 Å². The molecule has 2 aliphatic heterocycles. The third kappa shape index (κ3) is 1.89. The fourth-order valence-corrected chi connectivity index (χ4v) is 8.02. The first-order chi connectivity index (χ1) is 14.1. The predicted octanol–water partition coefficient (Wildman–Crippen LogP) is 5.57. The van der Waals surface area contributed by atoms with Gasteiger partial charge in [0.05, 0.1) is 13.2 Å². The number of aryl methyl sites for hydroxylation is 1. The molecule has 0 bridgehead atoms. The zero-order valence-corrected chi connectivity index (χ0v) is 17.0. The first-order valence-corrected chi connectivity index (χ1v) is 11.3. The van der Waals surface area contributed by atoms with E-state index >= 15 is 0 Å². The first-order valence-electron chi connectivity index (χ1n) is 11.3. The van der Waals surface area contributed by atoms with E-state index in [0.717, 1.165) is 37.0 Å². The number of rotatable bonds is 0. The van der Waals surface area contributed by atoms with E-state index in [4.69, 9.17) is 9.47 Å². The van der Waals surface area contributed by atoms with Gasteiger partial charge in [0.1, 0.15) is 17.1 Å². The monoisotopic (exact) mass is 388 g/mol. The minimum absolute atomic E-state index is 0.0785. The molecule has 0 amide bonds. The molecule has 5 atom stereocenters. The van der Waals surface area contributed by atoms with Crippen molar-refractivity contribution < 1.29 is 14.6 Å². The largest absolute Gasteiger partial charge is 0.508 e. The van der Waals surface area contributed by atoms with E-state index < -0.39 is 0 Å². The number of aromatic hydroxyl groups is 1. The average Bonchev–Trinajstić information content (AvgIpc) is 3.29. The molecule has 3 heteroatoms. The standard InChI is InChI=1S/C26H28O3/c1-25-10-8-19-18-6-4-17(27)12-15(18)2-5-20(19)22(25)9-11-26(25)23-7-3-16-13-28-14-21(16)24(23)29-26/h3-4,6-7,12,19-20,22,27H,2,5,8-11,13-14H2,1H3/t19-,20-,22+,25+,26-/m1/s1. The lowest BCUT2D eigenvalue weighted by molar-refractivity contribution is -0.121. The molecule has 3 nitrogen and oxygen atoms in total. The number of benzene rings is 2. The Morgan fingerprint density at radius 1 is 1.00 bits per heavy atom. The molecule has 0 radical (unpaired) electrons. The summed E-state index contributed by atoms with van der Waals surface area (Å²) in [5, 5.41) is 9.92. The van der Waals surface area contributed by atoms with Gasteiger partial charge >= 0.3 is 0 Å². The lowest BCUT2D eigenvalue weighted by Gasteiger charge is -2.58. The highest BCUT2D eigenvalue weighted by Gasteiger charge is 2.68. The second kappa shape index (κ2) is 5.37. The van der Waals surface area contributed by atoms with Crippen LogP contribution in [0.5, 0.6) is 11.5 Å². The molecule has 2 aromatic carbocycles. The fraction of sp³-hybridized carbons (Fsp3) is 0.538. The molecule has 0 unspecified atom stereocenters. The molecule has 2 fully saturated rings. The Morgan fingerprint density at radius 3 is 2.86 bits per heavy atom. The van der Waals surface area contributed by atoms with Gasteiger partial charge in [-0.25, -0.2) is 0 Å². The number of hydrogen-bond acceptors (Lipinski definition) is 3. The number of phenolic OH excluding ortho intramolecular Hbond substituents is 1. The summed E-state index contributed by atoms with van der Waals surface area (Å²) >= 11 is 0. The lowest BCUT2D eigenvalue weighted by Crippen LogP contribution is -2.56. The van der Waals surface area contributed by atoms with Crippen LogP contribution in [-0.2, 0) is 30.0 Å². The summed E-state index contributed by atoms with van der Waals surface area (Å²) in [5.41, 5.74) is 7.12. The Kier molecular flexibility index (Phi) is 3.10. The number of fused-ring (bicyclic) bond motifs is 10. The lowest BCUT2D eigenvalue weighted by atomic mass is 9.51. The van der Waals surface area contributed by atoms with Crippen LogP contribution in [0.4, 0.5) is 0 Å². The molecule has 1 N–H and O–H groups in total. The highest BCUT2D eigenvalue weighted by Crippen LogP contribution is 2.72. The molecular formula is C26H28O3. The molecule has 0 saturated heterocycles. The van der Waals surface area contributed by atoms with E-state index in [2.05, 4.69) is 25.1 Å². The zero-order chi connectivity index (χ0) is 19.4. The van der Waals surface area contributed by atoms with E-state index in [1.165, 1.54) is 53.5 Å². The molecule has 2 saturated carbocycles. The molecule has 3 aliphatic carbocycles. The summed E-state index contributed by atoms with van der Waals surface area (Å²) in [7, 11) is 0. The Bertz CT molecular complexity index is 1040. The van der Waals surface area contributed by atoms with Crippen LogP contribution < -0.4 is 4.74 Å². The van der Waals surface area contributed by atoms with Crippen molar-refractivity contribution in [2.45, 2.75) is 70.2 Å². The van der Waals surface area contributed by atoms with Gasteiger partial charge in [-0.15, -0.1) is 0 Å². The van der Waals surface area contributed by atoms with Crippen molar-refractivity contribution in [1.29, 1.82) is 0 Å². The average molecular weight is 389 g/mol. The topological polar surface area (TPSA) is 38.7 Å². The summed E-state index contributed by atoms with van der Waals surface area (Å²) < 4.78 is 12.5. The summed E-state index contributed by atoms with van der Waals surface area (Å²) in [6, 6.07) is 10.7. The molecule has 2 aromatic rings. The zero-order valence-electron chi connectivity index (χ0n) is 17.0. The highest BCUT2D eigenvalue weighted by molar-refractivity contribution is 5.57. The van der Waals surface area contributed by atoms with Crippen LogP contribution in [0.1, 0.15) is 72.8 Å². The maximum absolute atomic E-state index is 9.92. The first kappa shape index (κ1) is 16.8. The van der Waals surface area contributed by atoms with Crippen molar-refractivity contribution in [3.8, 4) is 11.5 Å². The predicted molar refractivity (Wildman–Crippen MR) is 110 cm³/mol. The van der Waals surface area contributed by atoms with Crippen LogP contribution in [0.3, 0.4) is 0 Å². The third-order valence-electron chi connectivity index (χ3n) is 9.40. The molecule has 5 aliphatic rings. The van der Waals surface area contributed by atoms with Gasteiger partial charge in [0.25, 0.3) is 0 Å². The molecule has 2 heterocycles. The van der Waals surface area contributed by atoms with Gasteiger partial charge in [0.2, 0.25) is 0 Å². The van der Waals surface area contributed by atoms with Gasteiger partial charge < -0.3 is 14.6 Å². The second-order valence-corrected chi connectivity index (χ2v) is 10.3. The fourth-order valence-electron chi connectivity index (χ4n) is 8.02. The summed E-state index contributed by atoms with van der Waals surface area (Å²) in [4.78, 5) is 0. The molecular weight excluding hydrogens is 360 g/mol.